The average Bonchev–Trinajstić information content (AvgIpc) is 3.38. The van der Waals surface area contributed by atoms with Gasteiger partial charge in [-0.15, -0.1) is 5.11 Å². The maximum Gasteiger partial charge on any atom is 0.243 e. The summed E-state index contributed by atoms with van der Waals surface area (Å²) in [6.45, 7) is -0.678. The van der Waals surface area contributed by atoms with Crippen molar-refractivity contribution in [1.29, 1.82) is 0 Å². The van der Waals surface area contributed by atoms with Gasteiger partial charge >= 0.3 is 0 Å². The number of aromatic nitrogens is 2. The van der Waals surface area contributed by atoms with E-state index in [1.54, 1.807) is 30.3 Å². The second kappa shape index (κ2) is 13.8. The zero-order valence-corrected chi connectivity index (χ0v) is 21.5. The highest BCUT2D eigenvalue weighted by Crippen LogP contribution is 2.28. The molecular formula is C22H30N12O7. The third kappa shape index (κ3) is 6.85. The minimum absolute atomic E-state index is 0.0802. The van der Waals surface area contributed by atoms with Crippen molar-refractivity contribution in [1.82, 2.24) is 31.0 Å². The molecule has 0 aliphatic carbocycles. The van der Waals surface area contributed by atoms with Crippen LogP contribution in [0.25, 0.3) is 0 Å². The van der Waals surface area contributed by atoms with Gasteiger partial charge in [-0.3, -0.25) is 14.4 Å². The van der Waals surface area contributed by atoms with E-state index in [9.17, 15) is 24.8 Å². The summed E-state index contributed by atoms with van der Waals surface area (Å²) in [5, 5.41) is 38.4. The third-order valence-corrected chi connectivity index (χ3v) is 6.51. The molecule has 4 rings (SSSR count). The molecule has 1 saturated heterocycles. The van der Waals surface area contributed by atoms with Crippen molar-refractivity contribution in [3.63, 3.8) is 0 Å². The minimum Gasteiger partial charge on any atom is -0.388 e. The van der Waals surface area contributed by atoms with E-state index in [2.05, 4.69) is 41.4 Å². The number of nitrogens with zero attached hydrogens (tertiary/aromatic N) is 6. The smallest absolute Gasteiger partial charge is 0.243 e. The van der Waals surface area contributed by atoms with Crippen LogP contribution in [0.1, 0.15) is 17.4 Å². The minimum atomic E-state index is -1.52. The lowest BCUT2D eigenvalue weighted by molar-refractivity contribution is -0.225. The Morgan fingerprint density at radius 3 is 2.76 bits per heavy atom. The zero-order valence-electron chi connectivity index (χ0n) is 21.5. The number of carbonyl (C=O) groups excluding carboxylic acids is 2. The number of carbonyl (C=O) groups is 2. The van der Waals surface area contributed by atoms with Gasteiger partial charge in [0.05, 0.1) is 18.7 Å². The quantitative estimate of drug-likeness (QED) is 0.0579. The Hall–Kier alpha value is -4.40. The predicted octanol–water partition coefficient (Wildman–Crippen LogP) is -2.23. The standard InChI is InChI=1S/C22H30N12O7/c23-33-31-19-16-20(26-9-25-19)34(10-27-16)8-14(35)29-12(6-11-4-2-1-3-5-11)21(37)30-15-17(36)18(41-24)13(7-28-38)40-22(15)32-39/h1-5,9-10,12-13,15,17-19,22,32,36,39H,6-8,24H2,(H2,23,31)(H,25,26)(H,29,35)(H,30,37)/t12-,13+,15+,17+,18+,19?,22+/m0/s1. The van der Waals surface area contributed by atoms with E-state index in [4.69, 9.17) is 21.3 Å². The number of hydroxylamine groups is 1. The van der Waals surface area contributed by atoms with Gasteiger partial charge in [-0.2, -0.15) is 10.4 Å². The van der Waals surface area contributed by atoms with Crippen LogP contribution >= 0.6 is 0 Å². The predicted molar refractivity (Wildman–Crippen MR) is 139 cm³/mol. The molecule has 0 radical (unpaired) electrons. The normalized spacial score (nSPS) is 26.1. The topological polar surface area (TPSA) is 278 Å². The van der Waals surface area contributed by atoms with Crippen molar-refractivity contribution in [2.75, 3.05) is 6.54 Å². The number of rotatable bonds is 12. The van der Waals surface area contributed by atoms with Gasteiger partial charge in [-0.25, -0.2) is 15.9 Å². The summed E-state index contributed by atoms with van der Waals surface area (Å²) in [5.74, 6) is 9.52. The molecule has 2 aliphatic rings. The summed E-state index contributed by atoms with van der Waals surface area (Å²) in [5.41, 5.74) is 2.99. The van der Waals surface area contributed by atoms with Gasteiger partial charge < -0.3 is 41.4 Å². The lowest BCUT2D eigenvalue weighted by Gasteiger charge is -2.43. The number of hydrogen-bond donors (Lipinski definition) is 8. The number of nitrogens with two attached hydrogens (primary N) is 2. The summed E-state index contributed by atoms with van der Waals surface area (Å²) >= 11 is 0. The molecule has 1 unspecified atom stereocenters. The zero-order chi connectivity index (χ0) is 29.4. The molecule has 220 valence electrons. The van der Waals surface area contributed by atoms with E-state index in [0.717, 1.165) is 5.56 Å². The molecule has 7 atom stereocenters. The van der Waals surface area contributed by atoms with Gasteiger partial charge in [-0.05, 0) is 5.56 Å². The Morgan fingerprint density at radius 2 is 2.07 bits per heavy atom. The molecule has 1 aromatic heterocycles. The van der Waals surface area contributed by atoms with Crippen LogP contribution < -0.4 is 33.2 Å². The molecule has 2 aromatic rings. The van der Waals surface area contributed by atoms with Gasteiger partial charge in [0.25, 0.3) is 0 Å². The van der Waals surface area contributed by atoms with E-state index in [1.807, 2.05) is 5.48 Å². The maximum atomic E-state index is 13.5. The number of imidazole rings is 1. The molecule has 19 nitrogen and oxygen atoms in total. The van der Waals surface area contributed by atoms with Gasteiger partial charge in [0.15, 0.2) is 18.2 Å². The lowest BCUT2D eigenvalue weighted by atomic mass is 9.95. The summed E-state index contributed by atoms with van der Waals surface area (Å²) in [6, 6.07) is 6.48. The van der Waals surface area contributed by atoms with Crippen molar-refractivity contribution >= 4 is 24.0 Å². The molecule has 2 aliphatic heterocycles. The molecular weight excluding hydrogens is 544 g/mol. The Balaban J connectivity index is 1.51. The van der Waals surface area contributed by atoms with Gasteiger partial charge in [-0.1, -0.05) is 40.7 Å². The van der Waals surface area contributed by atoms with Crippen LogP contribution in [0.3, 0.4) is 0 Å². The molecule has 10 N–H and O–H groups in total. The number of nitroso groups, excluding NO2 is 1. The SMILES string of the molecule is NN=NC1NC=Nc2c1ncn2CC(=O)N[C@@H](Cc1ccccc1)C(=O)N[C@@H]1[C@@H](O)[C@H](ON)[C@@H](CN=O)O[C@H]1NO. The second-order valence-corrected chi connectivity index (χ2v) is 9.11. The largest absolute Gasteiger partial charge is 0.388 e. The summed E-state index contributed by atoms with van der Waals surface area (Å²) < 4.78 is 6.98. The number of nitrogens with one attached hydrogen (secondary N) is 4. The Morgan fingerprint density at radius 1 is 1.29 bits per heavy atom. The van der Waals surface area contributed by atoms with Crippen molar-refractivity contribution in [3.8, 4) is 0 Å². The van der Waals surface area contributed by atoms with Crippen LogP contribution in [-0.2, 0) is 32.1 Å². The molecule has 1 fully saturated rings. The average molecular weight is 575 g/mol. The van der Waals surface area contributed by atoms with Crippen molar-refractivity contribution in [2.45, 2.75) is 55.8 Å². The summed E-state index contributed by atoms with van der Waals surface area (Å²) in [4.78, 5) is 50.6. The maximum absolute atomic E-state index is 13.5. The Labute approximate surface area is 232 Å². The molecule has 2 amide bonds. The first-order valence-corrected chi connectivity index (χ1v) is 12.3. The molecule has 0 saturated carbocycles. The fourth-order valence-corrected chi connectivity index (χ4v) is 4.58. The van der Waals surface area contributed by atoms with Crippen LogP contribution in [0, 0.1) is 4.91 Å². The second-order valence-electron chi connectivity index (χ2n) is 9.11. The first-order chi connectivity index (χ1) is 19.9. The van der Waals surface area contributed by atoms with Gasteiger partial charge in [0, 0.05) is 6.42 Å². The van der Waals surface area contributed by atoms with E-state index < -0.39 is 61.1 Å². The first kappa shape index (κ1) is 29.6. The van der Waals surface area contributed by atoms with E-state index in [0.29, 0.717) is 11.5 Å². The molecule has 1 aromatic carbocycles. The summed E-state index contributed by atoms with van der Waals surface area (Å²) in [6.07, 6.45) is -3.06. The molecule has 19 heteroatoms. The van der Waals surface area contributed by atoms with Crippen LogP contribution in [0.5, 0.6) is 0 Å². The van der Waals surface area contributed by atoms with Crippen molar-refractivity contribution < 1.29 is 29.5 Å². The molecule has 3 heterocycles. The first-order valence-electron chi connectivity index (χ1n) is 12.3. The van der Waals surface area contributed by atoms with E-state index in [-0.39, 0.29) is 13.0 Å². The Bertz CT molecular complexity index is 1260. The van der Waals surface area contributed by atoms with Crippen LogP contribution in [0.4, 0.5) is 5.82 Å². The monoisotopic (exact) mass is 574 g/mol. The van der Waals surface area contributed by atoms with Gasteiger partial charge in [0.2, 0.25) is 11.8 Å². The number of amides is 2. The van der Waals surface area contributed by atoms with Crippen LogP contribution in [-0.4, -0.2) is 81.2 Å². The highest BCUT2D eigenvalue weighted by molar-refractivity contribution is 5.88. The van der Waals surface area contributed by atoms with Crippen LogP contribution in [0.15, 0.2) is 57.2 Å². The number of ether oxygens (including phenoxy) is 1. The molecule has 0 spiro atoms. The number of benzene rings is 1. The fourth-order valence-electron chi connectivity index (χ4n) is 4.58. The molecule has 41 heavy (non-hydrogen) atoms. The summed E-state index contributed by atoms with van der Waals surface area (Å²) in [7, 11) is 0. The number of aliphatic hydroxyl groups excluding tert-OH is 1. The Kier molecular flexibility index (Phi) is 9.95. The number of aliphatic hydroxyl groups is 1. The third-order valence-electron chi connectivity index (χ3n) is 6.51. The lowest BCUT2D eigenvalue weighted by Crippen LogP contribution is -2.69. The number of fused-ring (bicyclic) bond motifs is 1. The highest BCUT2D eigenvalue weighted by Gasteiger charge is 2.47. The fraction of sp³-hybridized carbons (Fsp3) is 0.455. The van der Waals surface area contributed by atoms with Crippen LogP contribution in [0.2, 0.25) is 0 Å². The van der Waals surface area contributed by atoms with E-state index in [1.165, 1.54) is 17.2 Å². The molecule has 0 bridgehead atoms. The van der Waals surface area contributed by atoms with E-state index >= 15 is 0 Å². The highest BCUT2D eigenvalue weighted by atomic mass is 16.7. The van der Waals surface area contributed by atoms with Crippen molar-refractivity contribution in [2.24, 2.45) is 32.2 Å². The van der Waals surface area contributed by atoms with Crippen molar-refractivity contribution in [3.05, 3.63) is 52.8 Å². The number of aliphatic imine (C=N–C) groups is 1. The number of hydrogen-bond acceptors (Lipinski definition) is 15. The van der Waals surface area contributed by atoms with Gasteiger partial charge in [0.1, 0.15) is 43.1 Å².